The maximum atomic E-state index is 12.6. The SMILES string of the molecule is CNC(=O)NC(=O)[C@H](OC(=O)c1ccc(OC)cc1OC)c1ccccc1. The van der Waals surface area contributed by atoms with E-state index in [1.54, 1.807) is 36.4 Å². The third kappa shape index (κ3) is 4.97. The number of methoxy groups -OCH3 is 2. The summed E-state index contributed by atoms with van der Waals surface area (Å²) in [7, 11) is 4.26. The van der Waals surface area contributed by atoms with Gasteiger partial charge < -0.3 is 19.5 Å². The van der Waals surface area contributed by atoms with Crippen LogP contribution < -0.4 is 20.1 Å². The van der Waals surface area contributed by atoms with Crippen LogP contribution in [0.3, 0.4) is 0 Å². The number of nitrogens with one attached hydrogen (secondary N) is 2. The number of rotatable bonds is 6. The highest BCUT2D eigenvalue weighted by Gasteiger charge is 2.28. The van der Waals surface area contributed by atoms with Gasteiger partial charge in [0.1, 0.15) is 17.1 Å². The zero-order valence-corrected chi connectivity index (χ0v) is 15.1. The molecule has 27 heavy (non-hydrogen) atoms. The first kappa shape index (κ1) is 19.8. The quantitative estimate of drug-likeness (QED) is 0.753. The van der Waals surface area contributed by atoms with Crippen LogP contribution in [-0.2, 0) is 9.53 Å². The molecule has 2 rings (SSSR count). The van der Waals surface area contributed by atoms with Crippen LogP contribution in [0.4, 0.5) is 4.79 Å². The molecule has 142 valence electrons. The second kappa shape index (κ2) is 9.23. The zero-order chi connectivity index (χ0) is 19.8. The molecular weight excluding hydrogens is 352 g/mol. The molecule has 0 saturated carbocycles. The monoisotopic (exact) mass is 372 g/mol. The van der Waals surface area contributed by atoms with Crippen molar-refractivity contribution in [3.63, 3.8) is 0 Å². The number of benzene rings is 2. The van der Waals surface area contributed by atoms with Gasteiger partial charge in [0.25, 0.3) is 5.91 Å². The Bertz CT molecular complexity index is 822. The van der Waals surface area contributed by atoms with Crippen LogP contribution >= 0.6 is 0 Å². The van der Waals surface area contributed by atoms with Crippen LogP contribution in [0.1, 0.15) is 22.0 Å². The first-order valence-electron chi connectivity index (χ1n) is 8.00. The Morgan fingerprint density at radius 1 is 0.963 bits per heavy atom. The molecule has 1 atom stereocenters. The first-order valence-corrected chi connectivity index (χ1v) is 8.00. The van der Waals surface area contributed by atoms with Crippen molar-refractivity contribution in [1.82, 2.24) is 10.6 Å². The van der Waals surface area contributed by atoms with Crippen molar-refractivity contribution in [3.05, 3.63) is 59.7 Å². The maximum Gasteiger partial charge on any atom is 0.343 e. The fourth-order valence-corrected chi connectivity index (χ4v) is 2.28. The number of hydrogen-bond acceptors (Lipinski definition) is 6. The third-order valence-electron chi connectivity index (χ3n) is 3.66. The molecule has 0 unspecified atom stereocenters. The summed E-state index contributed by atoms with van der Waals surface area (Å²) in [5.41, 5.74) is 0.534. The minimum Gasteiger partial charge on any atom is -0.497 e. The highest BCUT2D eigenvalue weighted by molar-refractivity contribution is 5.99. The van der Waals surface area contributed by atoms with E-state index in [1.807, 2.05) is 0 Å². The molecule has 0 bridgehead atoms. The Morgan fingerprint density at radius 3 is 2.26 bits per heavy atom. The molecule has 2 N–H and O–H groups in total. The molecule has 8 heteroatoms. The standard InChI is InChI=1S/C19H20N2O6/c1-20-19(24)21-17(22)16(12-7-5-4-6-8-12)27-18(23)14-10-9-13(25-2)11-15(14)26-3/h4-11,16H,1-3H3,(H2,20,21,22,24)/t16-/m1/s1. The molecule has 8 nitrogen and oxygen atoms in total. The maximum absolute atomic E-state index is 12.6. The summed E-state index contributed by atoms with van der Waals surface area (Å²) in [5, 5.41) is 4.39. The topological polar surface area (TPSA) is 103 Å². The van der Waals surface area contributed by atoms with Gasteiger partial charge in [0, 0.05) is 18.7 Å². The summed E-state index contributed by atoms with van der Waals surface area (Å²) in [5.74, 6) is -0.824. The van der Waals surface area contributed by atoms with Gasteiger partial charge in [0.05, 0.1) is 14.2 Å². The molecule has 0 aliphatic heterocycles. The molecule has 0 aromatic heterocycles. The number of carbonyl (C=O) groups excluding carboxylic acids is 3. The van der Waals surface area contributed by atoms with Gasteiger partial charge in [-0.2, -0.15) is 0 Å². The fourth-order valence-electron chi connectivity index (χ4n) is 2.28. The predicted molar refractivity (Wildman–Crippen MR) is 96.7 cm³/mol. The van der Waals surface area contributed by atoms with Crippen molar-refractivity contribution < 1.29 is 28.6 Å². The average molecular weight is 372 g/mol. The zero-order valence-electron chi connectivity index (χ0n) is 15.1. The lowest BCUT2D eigenvalue weighted by molar-refractivity contribution is -0.129. The lowest BCUT2D eigenvalue weighted by atomic mass is 10.1. The molecule has 3 amide bonds. The number of imide groups is 1. The van der Waals surface area contributed by atoms with Crippen molar-refractivity contribution in [2.24, 2.45) is 0 Å². The Morgan fingerprint density at radius 2 is 1.67 bits per heavy atom. The summed E-state index contributed by atoms with van der Waals surface area (Å²) in [6, 6.07) is 12.2. The van der Waals surface area contributed by atoms with E-state index < -0.39 is 24.0 Å². The minimum absolute atomic E-state index is 0.118. The Labute approximate surface area is 156 Å². The second-order valence-electron chi connectivity index (χ2n) is 5.33. The lowest BCUT2D eigenvalue weighted by Gasteiger charge is -2.18. The van der Waals surface area contributed by atoms with Gasteiger partial charge in [-0.1, -0.05) is 30.3 Å². The van der Waals surface area contributed by atoms with Crippen LogP contribution in [0.25, 0.3) is 0 Å². The lowest BCUT2D eigenvalue weighted by Crippen LogP contribution is -2.41. The van der Waals surface area contributed by atoms with E-state index in [4.69, 9.17) is 14.2 Å². The summed E-state index contributed by atoms with van der Waals surface area (Å²) in [4.78, 5) is 36.5. The number of amides is 3. The van der Waals surface area contributed by atoms with Crippen molar-refractivity contribution >= 4 is 17.9 Å². The van der Waals surface area contributed by atoms with E-state index in [-0.39, 0.29) is 11.3 Å². The van der Waals surface area contributed by atoms with Crippen LogP contribution in [0, 0.1) is 0 Å². The van der Waals surface area contributed by atoms with Crippen molar-refractivity contribution in [3.8, 4) is 11.5 Å². The first-order chi connectivity index (χ1) is 13.0. The number of urea groups is 1. The number of ether oxygens (including phenoxy) is 3. The average Bonchev–Trinajstić information content (AvgIpc) is 2.71. The molecule has 2 aromatic rings. The largest absolute Gasteiger partial charge is 0.497 e. The Balaban J connectivity index is 2.31. The normalized spacial score (nSPS) is 11.1. The van der Waals surface area contributed by atoms with Gasteiger partial charge >= 0.3 is 12.0 Å². The van der Waals surface area contributed by atoms with E-state index in [2.05, 4.69) is 10.6 Å². The molecule has 0 saturated heterocycles. The van der Waals surface area contributed by atoms with Gasteiger partial charge in [0.2, 0.25) is 6.10 Å². The molecule has 0 radical (unpaired) electrons. The van der Waals surface area contributed by atoms with E-state index >= 15 is 0 Å². The molecule has 0 spiro atoms. The van der Waals surface area contributed by atoms with Gasteiger partial charge in [-0.3, -0.25) is 10.1 Å². The fraction of sp³-hybridized carbons (Fsp3) is 0.211. The minimum atomic E-state index is -1.32. The predicted octanol–water partition coefficient (Wildman–Crippen LogP) is 2.06. The van der Waals surface area contributed by atoms with Crippen LogP contribution in [0.15, 0.2) is 48.5 Å². The van der Waals surface area contributed by atoms with Crippen molar-refractivity contribution in [2.75, 3.05) is 21.3 Å². The molecule has 0 heterocycles. The second-order valence-corrected chi connectivity index (χ2v) is 5.33. The summed E-state index contributed by atoms with van der Waals surface area (Å²) in [6.45, 7) is 0. The molecule has 0 fully saturated rings. The molecular formula is C19H20N2O6. The summed E-state index contributed by atoms with van der Waals surface area (Å²) >= 11 is 0. The highest BCUT2D eigenvalue weighted by atomic mass is 16.6. The Kier molecular flexibility index (Phi) is 6.76. The number of hydrogen-bond donors (Lipinski definition) is 2. The van der Waals surface area contributed by atoms with E-state index in [0.29, 0.717) is 11.3 Å². The van der Waals surface area contributed by atoms with Gasteiger partial charge in [0.15, 0.2) is 0 Å². The summed E-state index contributed by atoms with van der Waals surface area (Å²) < 4.78 is 15.7. The molecule has 2 aromatic carbocycles. The smallest absolute Gasteiger partial charge is 0.343 e. The van der Waals surface area contributed by atoms with Crippen molar-refractivity contribution in [1.29, 1.82) is 0 Å². The summed E-state index contributed by atoms with van der Waals surface area (Å²) in [6.07, 6.45) is -1.32. The van der Waals surface area contributed by atoms with E-state index in [0.717, 1.165) is 0 Å². The van der Waals surface area contributed by atoms with Gasteiger partial charge in [-0.05, 0) is 12.1 Å². The van der Waals surface area contributed by atoms with Crippen LogP contribution in [-0.4, -0.2) is 39.2 Å². The molecule has 0 aliphatic rings. The van der Waals surface area contributed by atoms with E-state index in [1.165, 1.54) is 33.4 Å². The molecule has 0 aliphatic carbocycles. The van der Waals surface area contributed by atoms with E-state index in [9.17, 15) is 14.4 Å². The van der Waals surface area contributed by atoms with Crippen molar-refractivity contribution in [2.45, 2.75) is 6.10 Å². The Hall–Kier alpha value is -3.55. The van der Waals surface area contributed by atoms with Crippen LogP contribution in [0.2, 0.25) is 0 Å². The highest BCUT2D eigenvalue weighted by Crippen LogP contribution is 2.27. The number of esters is 1. The van der Waals surface area contributed by atoms with Gasteiger partial charge in [-0.15, -0.1) is 0 Å². The third-order valence-corrected chi connectivity index (χ3v) is 3.66. The van der Waals surface area contributed by atoms with Crippen LogP contribution in [0.5, 0.6) is 11.5 Å². The number of carbonyl (C=O) groups is 3. The van der Waals surface area contributed by atoms with Gasteiger partial charge in [-0.25, -0.2) is 9.59 Å².